The number of pyridine rings is 1. The lowest BCUT2D eigenvalue weighted by Gasteiger charge is -2.22. The predicted octanol–water partition coefficient (Wildman–Crippen LogP) is 4.08. The van der Waals surface area contributed by atoms with Crippen LogP contribution in [-0.4, -0.2) is 39.7 Å². The Hall–Kier alpha value is -3.42. The summed E-state index contributed by atoms with van der Waals surface area (Å²) in [6.45, 7) is 5.56. The van der Waals surface area contributed by atoms with Crippen molar-refractivity contribution < 1.29 is 9.13 Å². The Balaban J connectivity index is 1.62. The number of nitrogens with zero attached hydrogens (tertiary/aromatic N) is 5. The standard InChI is InChI=1S/C23H29FN6O/c1-16(2)22-18(15-30(5)28-22)14-29(4)23(25-3)27-13-17-10-11-26-21(12-17)31-20-8-6-19(24)7-9-20/h6-12,15-16H,13-14H2,1-5H3,(H,25,27). The molecule has 31 heavy (non-hydrogen) atoms. The fourth-order valence-corrected chi connectivity index (χ4v) is 3.30. The summed E-state index contributed by atoms with van der Waals surface area (Å²) in [6.07, 6.45) is 3.74. The first-order chi connectivity index (χ1) is 14.9. The van der Waals surface area contributed by atoms with E-state index in [0.717, 1.165) is 17.2 Å². The van der Waals surface area contributed by atoms with Crippen molar-refractivity contribution in [2.75, 3.05) is 14.1 Å². The van der Waals surface area contributed by atoms with Crippen molar-refractivity contribution in [3.63, 3.8) is 0 Å². The van der Waals surface area contributed by atoms with Gasteiger partial charge in [0, 0.05) is 58.3 Å². The summed E-state index contributed by atoms with van der Waals surface area (Å²) in [5.41, 5.74) is 3.27. The second-order valence-corrected chi connectivity index (χ2v) is 7.68. The lowest BCUT2D eigenvalue weighted by Crippen LogP contribution is -2.38. The van der Waals surface area contributed by atoms with Crippen LogP contribution in [0.5, 0.6) is 11.6 Å². The highest BCUT2D eigenvalue weighted by molar-refractivity contribution is 5.79. The van der Waals surface area contributed by atoms with Gasteiger partial charge >= 0.3 is 0 Å². The minimum absolute atomic E-state index is 0.305. The lowest BCUT2D eigenvalue weighted by molar-refractivity contribution is 0.459. The summed E-state index contributed by atoms with van der Waals surface area (Å²) in [6, 6.07) is 9.61. The molecule has 8 heteroatoms. The molecule has 7 nitrogen and oxygen atoms in total. The number of rotatable bonds is 7. The molecule has 0 atom stereocenters. The Labute approximate surface area is 182 Å². The SMILES string of the molecule is CN=C(NCc1ccnc(Oc2ccc(F)cc2)c1)N(C)Cc1cn(C)nc1C(C)C. The smallest absolute Gasteiger partial charge is 0.219 e. The van der Waals surface area contributed by atoms with Crippen LogP contribution in [0.3, 0.4) is 0 Å². The van der Waals surface area contributed by atoms with E-state index in [4.69, 9.17) is 4.74 Å². The van der Waals surface area contributed by atoms with Crippen LogP contribution in [-0.2, 0) is 20.1 Å². The number of benzene rings is 1. The van der Waals surface area contributed by atoms with E-state index in [-0.39, 0.29) is 5.82 Å². The molecule has 3 aromatic rings. The van der Waals surface area contributed by atoms with E-state index in [1.54, 1.807) is 25.4 Å². The molecule has 0 amide bonds. The van der Waals surface area contributed by atoms with Crippen LogP contribution in [0.2, 0.25) is 0 Å². The Morgan fingerprint density at radius 3 is 2.68 bits per heavy atom. The molecule has 2 aromatic heterocycles. The van der Waals surface area contributed by atoms with Crippen molar-refractivity contribution in [3.8, 4) is 11.6 Å². The Morgan fingerprint density at radius 1 is 1.26 bits per heavy atom. The third-order valence-corrected chi connectivity index (χ3v) is 4.75. The van der Waals surface area contributed by atoms with Crippen molar-refractivity contribution >= 4 is 5.96 Å². The van der Waals surface area contributed by atoms with Gasteiger partial charge in [0.2, 0.25) is 5.88 Å². The summed E-state index contributed by atoms with van der Waals surface area (Å²) in [5.74, 6) is 1.81. The molecule has 1 aromatic carbocycles. The number of aryl methyl sites for hydroxylation is 1. The summed E-state index contributed by atoms with van der Waals surface area (Å²) in [7, 11) is 5.71. The largest absolute Gasteiger partial charge is 0.439 e. The van der Waals surface area contributed by atoms with E-state index in [1.807, 2.05) is 30.9 Å². The van der Waals surface area contributed by atoms with Gasteiger partial charge in [0.1, 0.15) is 11.6 Å². The van der Waals surface area contributed by atoms with Gasteiger partial charge in [-0.15, -0.1) is 0 Å². The average Bonchev–Trinajstić information content (AvgIpc) is 3.11. The number of halogens is 1. The zero-order chi connectivity index (χ0) is 22.4. The van der Waals surface area contributed by atoms with Crippen LogP contribution in [0.4, 0.5) is 4.39 Å². The molecular formula is C23H29FN6O. The van der Waals surface area contributed by atoms with E-state index in [1.165, 1.54) is 17.7 Å². The first kappa shape index (κ1) is 22.3. The van der Waals surface area contributed by atoms with Gasteiger partial charge in [-0.1, -0.05) is 13.8 Å². The monoisotopic (exact) mass is 424 g/mol. The minimum atomic E-state index is -0.305. The van der Waals surface area contributed by atoms with Crippen LogP contribution in [0.15, 0.2) is 53.8 Å². The minimum Gasteiger partial charge on any atom is -0.439 e. The fourth-order valence-electron chi connectivity index (χ4n) is 3.30. The summed E-state index contributed by atoms with van der Waals surface area (Å²) >= 11 is 0. The zero-order valence-corrected chi connectivity index (χ0v) is 18.6. The third-order valence-electron chi connectivity index (χ3n) is 4.75. The zero-order valence-electron chi connectivity index (χ0n) is 18.6. The van der Waals surface area contributed by atoms with Crippen molar-refractivity contribution in [1.29, 1.82) is 0 Å². The maximum absolute atomic E-state index is 13.1. The molecule has 0 bridgehead atoms. The molecule has 1 N–H and O–H groups in total. The molecular weight excluding hydrogens is 395 g/mol. The second-order valence-electron chi connectivity index (χ2n) is 7.68. The molecule has 0 radical (unpaired) electrons. The first-order valence-electron chi connectivity index (χ1n) is 10.2. The number of nitrogens with one attached hydrogen (secondary N) is 1. The summed E-state index contributed by atoms with van der Waals surface area (Å²) < 4.78 is 20.6. The Kier molecular flexibility index (Phi) is 7.23. The molecule has 0 aliphatic rings. The molecule has 0 unspecified atom stereocenters. The first-order valence-corrected chi connectivity index (χ1v) is 10.2. The summed E-state index contributed by atoms with van der Waals surface area (Å²) in [4.78, 5) is 10.7. The normalized spacial score (nSPS) is 11.6. The maximum Gasteiger partial charge on any atom is 0.219 e. The van der Waals surface area contributed by atoms with Gasteiger partial charge < -0.3 is 15.0 Å². The number of aliphatic imine (C=N–C) groups is 1. The van der Waals surface area contributed by atoms with Gasteiger partial charge in [-0.3, -0.25) is 9.67 Å². The second kappa shape index (κ2) is 10.1. The van der Waals surface area contributed by atoms with Crippen molar-refractivity contribution in [2.24, 2.45) is 12.0 Å². The van der Waals surface area contributed by atoms with Crippen LogP contribution in [0, 0.1) is 5.82 Å². The molecule has 0 saturated heterocycles. The average molecular weight is 425 g/mol. The van der Waals surface area contributed by atoms with Crippen molar-refractivity contribution in [2.45, 2.75) is 32.9 Å². The van der Waals surface area contributed by atoms with Gasteiger partial charge in [-0.25, -0.2) is 9.37 Å². The molecule has 2 heterocycles. The van der Waals surface area contributed by atoms with E-state index < -0.39 is 0 Å². The van der Waals surface area contributed by atoms with E-state index in [9.17, 15) is 4.39 Å². The highest BCUT2D eigenvalue weighted by Crippen LogP contribution is 2.21. The quantitative estimate of drug-likeness (QED) is 0.457. The van der Waals surface area contributed by atoms with Crippen LogP contribution < -0.4 is 10.1 Å². The van der Waals surface area contributed by atoms with Gasteiger partial charge in [-0.05, 0) is 41.8 Å². The van der Waals surface area contributed by atoms with Gasteiger partial charge in [0.05, 0.1) is 5.69 Å². The number of aromatic nitrogens is 3. The van der Waals surface area contributed by atoms with Crippen molar-refractivity contribution in [3.05, 3.63) is 71.4 Å². The third kappa shape index (κ3) is 6.04. The summed E-state index contributed by atoms with van der Waals surface area (Å²) in [5, 5.41) is 7.95. The molecule has 0 saturated carbocycles. The number of ether oxygens (including phenoxy) is 1. The molecule has 0 aliphatic heterocycles. The van der Waals surface area contributed by atoms with Crippen LogP contribution in [0.1, 0.15) is 36.6 Å². The highest BCUT2D eigenvalue weighted by Gasteiger charge is 2.15. The number of hydrogen-bond acceptors (Lipinski definition) is 4. The van der Waals surface area contributed by atoms with Gasteiger partial charge in [-0.2, -0.15) is 5.10 Å². The molecule has 3 rings (SSSR count). The lowest BCUT2D eigenvalue weighted by atomic mass is 10.1. The number of hydrogen-bond donors (Lipinski definition) is 1. The Bertz CT molecular complexity index is 1030. The molecule has 0 spiro atoms. The fraction of sp³-hybridized carbons (Fsp3) is 0.348. The Morgan fingerprint density at radius 2 is 2.00 bits per heavy atom. The van der Waals surface area contributed by atoms with Gasteiger partial charge in [0.25, 0.3) is 0 Å². The number of guanidine groups is 1. The maximum atomic E-state index is 13.1. The van der Waals surface area contributed by atoms with E-state index >= 15 is 0 Å². The van der Waals surface area contributed by atoms with Gasteiger partial charge in [0.15, 0.2) is 5.96 Å². The van der Waals surface area contributed by atoms with Crippen LogP contribution >= 0.6 is 0 Å². The van der Waals surface area contributed by atoms with Crippen LogP contribution in [0.25, 0.3) is 0 Å². The predicted molar refractivity (Wildman–Crippen MR) is 120 cm³/mol. The molecule has 0 fully saturated rings. The molecule has 164 valence electrons. The topological polar surface area (TPSA) is 67.6 Å². The van der Waals surface area contributed by atoms with E-state index in [2.05, 4.69) is 45.3 Å². The van der Waals surface area contributed by atoms with Crippen molar-refractivity contribution in [1.82, 2.24) is 25.0 Å². The molecule has 0 aliphatic carbocycles. The highest BCUT2D eigenvalue weighted by atomic mass is 19.1. The van der Waals surface area contributed by atoms with E-state index in [0.29, 0.717) is 30.6 Å².